The number of alkyl halides is 2. The van der Waals surface area contributed by atoms with Crippen molar-refractivity contribution in [3.63, 3.8) is 0 Å². The number of halogens is 2. The Morgan fingerprint density at radius 3 is 2.39 bits per heavy atom. The van der Waals surface area contributed by atoms with Gasteiger partial charge >= 0.3 is 0 Å². The summed E-state index contributed by atoms with van der Waals surface area (Å²) in [6, 6.07) is 8.46. The van der Waals surface area contributed by atoms with Gasteiger partial charge in [-0.3, -0.25) is 4.79 Å². The van der Waals surface area contributed by atoms with Gasteiger partial charge in [0.15, 0.2) is 5.65 Å². The second kappa shape index (κ2) is 11.0. The largest absolute Gasteiger partial charge is 0.353 e. The number of H-pyrrole nitrogens is 1. The summed E-state index contributed by atoms with van der Waals surface area (Å²) in [6.07, 6.45) is 6.87. The SMILES string of the molecule is CC.CSc1cc(C2CCC2)ccc1Nc1cc(NC=O)nc2nc(C)[nH]c12.FC1(F)CC1. The molecule has 0 radical (unpaired) electrons. The number of fused-ring (bicyclic) bond motifs is 1. The van der Waals surface area contributed by atoms with Crippen LogP contribution >= 0.6 is 11.8 Å². The van der Waals surface area contributed by atoms with E-state index < -0.39 is 5.92 Å². The highest BCUT2D eigenvalue weighted by atomic mass is 32.2. The molecule has 3 N–H and O–H groups in total. The van der Waals surface area contributed by atoms with Crippen molar-refractivity contribution >= 4 is 46.5 Å². The topological polar surface area (TPSA) is 82.7 Å². The predicted octanol–water partition coefficient (Wildman–Crippen LogP) is 7.01. The van der Waals surface area contributed by atoms with Crippen LogP contribution in [-0.2, 0) is 4.79 Å². The Labute approximate surface area is 197 Å². The van der Waals surface area contributed by atoms with Crippen molar-refractivity contribution in [2.75, 3.05) is 16.9 Å². The number of aromatic amines is 1. The van der Waals surface area contributed by atoms with Crippen molar-refractivity contribution in [1.29, 1.82) is 0 Å². The Hall–Kier alpha value is -2.68. The van der Waals surface area contributed by atoms with E-state index in [1.165, 1.54) is 29.7 Å². The number of anilines is 3. The summed E-state index contributed by atoms with van der Waals surface area (Å²) < 4.78 is 22.3. The number of nitrogens with zero attached hydrogens (tertiary/aromatic N) is 2. The van der Waals surface area contributed by atoms with E-state index in [2.05, 4.69) is 50.0 Å². The third kappa shape index (κ3) is 6.43. The van der Waals surface area contributed by atoms with Gasteiger partial charge in [0, 0.05) is 23.8 Å². The number of aryl methyl sites for hydroxylation is 1. The molecule has 0 spiro atoms. The maximum absolute atomic E-state index is 11.1. The van der Waals surface area contributed by atoms with E-state index in [-0.39, 0.29) is 12.8 Å². The zero-order valence-corrected chi connectivity index (χ0v) is 20.3. The number of hydrogen-bond donors (Lipinski definition) is 3. The van der Waals surface area contributed by atoms with E-state index >= 15 is 0 Å². The van der Waals surface area contributed by atoms with Gasteiger partial charge in [0.25, 0.3) is 0 Å². The smallest absolute Gasteiger partial charge is 0.248 e. The Bertz CT molecular complexity index is 1090. The molecule has 9 heteroatoms. The molecule has 2 heterocycles. The van der Waals surface area contributed by atoms with Gasteiger partial charge in [-0.05, 0) is 49.6 Å². The van der Waals surface area contributed by atoms with Gasteiger partial charge in [-0.15, -0.1) is 11.8 Å². The number of imidazole rings is 1. The third-order valence-electron chi connectivity index (χ3n) is 5.49. The Balaban J connectivity index is 0.000000381. The van der Waals surface area contributed by atoms with E-state index in [1.54, 1.807) is 11.8 Å². The highest BCUT2D eigenvalue weighted by Gasteiger charge is 2.43. The number of nitrogens with one attached hydrogen (secondary N) is 3. The summed E-state index contributed by atoms with van der Waals surface area (Å²) in [4.78, 5) is 24.0. The summed E-state index contributed by atoms with van der Waals surface area (Å²) in [6.45, 7) is 5.89. The maximum atomic E-state index is 11.1. The second-order valence-corrected chi connectivity index (χ2v) is 8.75. The second-order valence-electron chi connectivity index (χ2n) is 7.91. The van der Waals surface area contributed by atoms with Gasteiger partial charge in [0.2, 0.25) is 12.3 Å². The van der Waals surface area contributed by atoms with Crippen molar-refractivity contribution in [3.8, 4) is 0 Å². The lowest BCUT2D eigenvalue weighted by Crippen LogP contribution is -2.09. The normalized spacial score (nSPS) is 15.9. The number of pyridine rings is 1. The molecule has 0 saturated heterocycles. The lowest BCUT2D eigenvalue weighted by Gasteiger charge is -2.26. The summed E-state index contributed by atoms with van der Waals surface area (Å²) in [5.74, 6) is -0.288. The Morgan fingerprint density at radius 2 is 1.85 bits per heavy atom. The predicted molar refractivity (Wildman–Crippen MR) is 132 cm³/mol. The number of benzene rings is 1. The molecule has 2 fully saturated rings. The molecule has 6 nitrogen and oxygen atoms in total. The van der Waals surface area contributed by atoms with E-state index in [4.69, 9.17) is 0 Å². The van der Waals surface area contributed by atoms with Crippen molar-refractivity contribution in [3.05, 3.63) is 35.7 Å². The molecule has 2 aliphatic carbocycles. The molecule has 3 aromatic rings. The molecule has 0 aliphatic heterocycles. The molecule has 0 unspecified atom stereocenters. The van der Waals surface area contributed by atoms with Crippen LogP contribution in [0.5, 0.6) is 0 Å². The van der Waals surface area contributed by atoms with Crippen LogP contribution < -0.4 is 10.6 Å². The fraction of sp³-hybridized carbons (Fsp3) is 0.458. The molecule has 0 atom stereocenters. The standard InChI is InChI=1S/C19H21N5OS.C3H4F2.C2H6/c1-11-21-18-15(9-17(20-10-25)24-19(18)22-11)23-14-7-6-13(8-16(14)26-2)12-4-3-5-12;4-3(5)1-2-3;1-2/h6-10,12H,3-5H2,1-2H3,(H3,20,21,22,23,24,25);1-2H2;1-2H3. The maximum Gasteiger partial charge on any atom is 0.248 e. The molecule has 2 aromatic heterocycles. The van der Waals surface area contributed by atoms with Crippen LogP contribution in [0.2, 0.25) is 0 Å². The first kappa shape index (κ1) is 25.0. The summed E-state index contributed by atoms with van der Waals surface area (Å²) in [7, 11) is 0. The monoisotopic (exact) mass is 475 g/mol. The minimum Gasteiger partial charge on any atom is -0.353 e. The number of carbonyl (C=O) groups excluding carboxylic acids is 1. The van der Waals surface area contributed by atoms with Crippen LogP contribution in [0.25, 0.3) is 11.2 Å². The average molecular weight is 476 g/mol. The number of thioether (sulfide) groups is 1. The molecular weight excluding hydrogens is 444 g/mol. The van der Waals surface area contributed by atoms with E-state index in [0.29, 0.717) is 23.8 Å². The summed E-state index contributed by atoms with van der Waals surface area (Å²) in [5, 5.41) is 6.10. The van der Waals surface area contributed by atoms with Crippen LogP contribution in [0.3, 0.4) is 0 Å². The van der Waals surface area contributed by atoms with Crippen LogP contribution in [0, 0.1) is 6.92 Å². The average Bonchev–Trinajstić information content (AvgIpc) is 3.32. The molecular formula is C24H31F2N5OS. The molecule has 2 aliphatic rings. The molecule has 178 valence electrons. The highest BCUT2D eigenvalue weighted by Crippen LogP contribution is 2.41. The van der Waals surface area contributed by atoms with Crippen molar-refractivity contribution in [2.24, 2.45) is 0 Å². The first-order valence-corrected chi connectivity index (χ1v) is 12.5. The molecule has 1 amide bonds. The first-order valence-electron chi connectivity index (χ1n) is 11.3. The number of hydrogen-bond acceptors (Lipinski definition) is 5. The van der Waals surface area contributed by atoms with Crippen molar-refractivity contribution in [2.45, 2.75) is 69.6 Å². The van der Waals surface area contributed by atoms with Gasteiger partial charge in [0.05, 0.1) is 11.4 Å². The Morgan fingerprint density at radius 1 is 1.15 bits per heavy atom. The number of carbonyl (C=O) groups is 1. The lowest BCUT2D eigenvalue weighted by atomic mass is 9.80. The van der Waals surface area contributed by atoms with Gasteiger partial charge in [-0.2, -0.15) is 0 Å². The first-order chi connectivity index (χ1) is 15.9. The molecule has 1 aromatic carbocycles. The van der Waals surface area contributed by atoms with Crippen LogP contribution in [0.15, 0.2) is 29.2 Å². The molecule has 5 rings (SSSR count). The van der Waals surface area contributed by atoms with E-state index in [9.17, 15) is 13.6 Å². The zero-order valence-electron chi connectivity index (χ0n) is 19.5. The fourth-order valence-electron chi connectivity index (χ4n) is 3.38. The van der Waals surface area contributed by atoms with Crippen LogP contribution in [0.4, 0.5) is 26.0 Å². The van der Waals surface area contributed by atoms with Crippen LogP contribution in [0.1, 0.15) is 63.3 Å². The lowest BCUT2D eigenvalue weighted by molar-refractivity contribution is -0.105. The molecule has 0 bridgehead atoms. The van der Waals surface area contributed by atoms with Gasteiger partial charge in [-0.25, -0.2) is 18.7 Å². The highest BCUT2D eigenvalue weighted by molar-refractivity contribution is 7.98. The number of rotatable bonds is 6. The summed E-state index contributed by atoms with van der Waals surface area (Å²) >= 11 is 1.73. The Kier molecular flexibility index (Phi) is 8.29. The van der Waals surface area contributed by atoms with Crippen molar-refractivity contribution < 1.29 is 13.6 Å². The molecule has 2 saturated carbocycles. The third-order valence-corrected chi connectivity index (χ3v) is 6.26. The summed E-state index contributed by atoms with van der Waals surface area (Å²) in [5.41, 5.74) is 4.71. The quantitative estimate of drug-likeness (QED) is 0.264. The molecule has 33 heavy (non-hydrogen) atoms. The minimum atomic E-state index is -2.25. The van der Waals surface area contributed by atoms with E-state index in [1.807, 2.05) is 26.8 Å². The van der Waals surface area contributed by atoms with Gasteiger partial charge in [-0.1, -0.05) is 26.3 Å². The van der Waals surface area contributed by atoms with E-state index in [0.717, 1.165) is 22.7 Å². The zero-order chi connectivity index (χ0) is 24.0. The number of amides is 1. The van der Waals surface area contributed by atoms with Crippen LogP contribution in [-0.4, -0.2) is 33.5 Å². The van der Waals surface area contributed by atoms with Crippen molar-refractivity contribution in [1.82, 2.24) is 15.0 Å². The minimum absolute atomic E-state index is 0.118. The van der Waals surface area contributed by atoms with Gasteiger partial charge in [0.1, 0.15) is 17.2 Å². The fourth-order valence-corrected chi connectivity index (χ4v) is 3.98. The number of aromatic nitrogens is 3. The van der Waals surface area contributed by atoms with Gasteiger partial charge < -0.3 is 15.6 Å².